The zero-order chi connectivity index (χ0) is 23.7. The van der Waals surface area contributed by atoms with Gasteiger partial charge in [0.25, 0.3) is 0 Å². The number of ether oxygens (including phenoxy) is 2. The van der Waals surface area contributed by atoms with Crippen LogP contribution >= 0.6 is 0 Å². The Morgan fingerprint density at radius 2 is 1.66 bits per heavy atom. The van der Waals surface area contributed by atoms with Gasteiger partial charge in [0, 0.05) is 30.9 Å². The Labute approximate surface area is 188 Å². The van der Waals surface area contributed by atoms with Crippen molar-refractivity contribution in [3.8, 4) is 5.75 Å². The first-order valence-electron chi connectivity index (χ1n) is 10.8. The molecule has 0 bridgehead atoms. The van der Waals surface area contributed by atoms with Crippen LogP contribution in [-0.4, -0.2) is 24.0 Å². The molecule has 0 spiro atoms. The third kappa shape index (κ3) is 8.17. The Morgan fingerprint density at radius 1 is 0.969 bits per heavy atom. The predicted molar refractivity (Wildman–Crippen MR) is 125 cm³/mol. The van der Waals surface area contributed by atoms with Gasteiger partial charge >= 0.3 is 11.6 Å². The van der Waals surface area contributed by atoms with Gasteiger partial charge in [0.1, 0.15) is 17.9 Å². The summed E-state index contributed by atoms with van der Waals surface area (Å²) in [6.45, 7) is 9.04. The number of fused-ring (bicyclic) bond motifs is 1. The summed E-state index contributed by atoms with van der Waals surface area (Å²) < 4.78 is 16.0. The summed E-state index contributed by atoms with van der Waals surface area (Å²) in [7, 11) is 0. The Balaban J connectivity index is 1.76. The number of Topliss-reactive ketones (excluding diaryl/α,β-unsaturated/α-hetero) is 1. The molecular weight excluding hydrogens is 408 g/mol. The molecule has 2 rings (SSSR count). The minimum Gasteiger partial charge on any atom is -0.489 e. The fourth-order valence-corrected chi connectivity index (χ4v) is 3.19. The van der Waals surface area contributed by atoms with Gasteiger partial charge in [-0.3, -0.25) is 9.59 Å². The molecule has 2 aromatic rings. The van der Waals surface area contributed by atoms with Crippen molar-refractivity contribution in [3.63, 3.8) is 0 Å². The number of carbonyl (C=O) groups is 2. The molecule has 172 valence electrons. The topological polar surface area (TPSA) is 82.8 Å². The van der Waals surface area contributed by atoms with E-state index in [2.05, 4.69) is 13.0 Å². The zero-order valence-electron chi connectivity index (χ0n) is 19.5. The monoisotopic (exact) mass is 440 g/mol. The minimum absolute atomic E-state index is 0.0818. The van der Waals surface area contributed by atoms with E-state index in [-0.39, 0.29) is 11.4 Å². The second-order valence-electron chi connectivity index (χ2n) is 8.43. The first-order valence-corrected chi connectivity index (χ1v) is 10.8. The molecule has 0 aliphatic heterocycles. The molecule has 0 N–H and O–H groups in total. The lowest BCUT2D eigenvalue weighted by Crippen LogP contribution is -2.36. The Kier molecular flexibility index (Phi) is 9.00. The molecule has 32 heavy (non-hydrogen) atoms. The van der Waals surface area contributed by atoms with Crippen molar-refractivity contribution in [2.75, 3.05) is 6.61 Å². The summed E-state index contributed by atoms with van der Waals surface area (Å²) in [6, 6.07) is 8.54. The molecule has 0 unspecified atom stereocenters. The molecule has 1 aromatic heterocycles. The predicted octanol–water partition coefficient (Wildman–Crippen LogP) is 5.54. The molecule has 0 aliphatic rings. The number of allylic oxidation sites excluding steroid dienone is 3. The summed E-state index contributed by atoms with van der Waals surface area (Å²) in [6.07, 6.45) is 6.91. The maximum atomic E-state index is 12.3. The van der Waals surface area contributed by atoms with Crippen LogP contribution in [0.2, 0.25) is 0 Å². The van der Waals surface area contributed by atoms with Crippen molar-refractivity contribution < 1.29 is 23.5 Å². The normalized spacial score (nSPS) is 12.7. The second kappa shape index (κ2) is 11.5. The Hall–Kier alpha value is -3.15. The molecule has 6 nitrogen and oxygen atoms in total. The van der Waals surface area contributed by atoms with Crippen LogP contribution in [-0.2, 0) is 14.3 Å². The van der Waals surface area contributed by atoms with Crippen LogP contribution < -0.4 is 10.4 Å². The minimum atomic E-state index is -1.08. The fraction of sp³-hybridized carbons (Fsp3) is 0.423. The number of hydrogen-bond donors (Lipinski definition) is 0. The lowest BCUT2D eigenvalue weighted by Gasteiger charge is -2.22. The highest BCUT2D eigenvalue weighted by molar-refractivity contribution is 5.88. The Bertz CT molecular complexity index is 1070. The van der Waals surface area contributed by atoms with E-state index in [0.29, 0.717) is 30.8 Å². The fourth-order valence-electron chi connectivity index (χ4n) is 3.19. The number of benzene rings is 1. The van der Waals surface area contributed by atoms with Gasteiger partial charge in [-0.15, -0.1) is 0 Å². The van der Waals surface area contributed by atoms with Crippen LogP contribution in [0.5, 0.6) is 5.75 Å². The highest BCUT2D eigenvalue weighted by atomic mass is 16.6. The van der Waals surface area contributed by atoms with Crippen molar-refractivity contribution in [1.82, 2.24) is 0 Å². The zero-order valence-corrected chi connectivity index (χ0v) is 19.5. The van der Waals surface area contributed by atoms with Crippen molar-refractivity contribution in [2.24, 2.45) is 0 Å². The van der Waals surface area contributed by atoms with Crippen LogP contribution in [0.25, 0.3) is 11.0 Å². The van der Waals surface area contributed by atoms with E-state index in [9.17, 15) is 14.4 Å². The second-order valence-corrected chi connectivity index (χ2v) is 8.43. The molecule has 0 fully saturated rings. The van der Waals surface area contributed by atoms with Crippen molar-refractivity contribution in [2.45, 2.75) is 65.9 Å². The summed E-state index contributed by atoms with van der Waals surface area (Å²) in [4.78, 5) is 34.7. The van der Waals surface area contributed by atoms with E-state index < -0.39 is 11.6 Å². The van der Waals surface area contributed by atoms with Crippen LogP contribution in [0.1, 0.15) is 60.3 Å². The SMILES string of the molecule is CC(=O)OC(C)(C)C(=O)CCC(C)=CCC/C(C)=C/COc1ccc2ccc(=O)oc2c1. The smallest absolute Gasteiger partial charge is 0.336 e. The number of rotatable bonds is 11. The summed E-state index contributed by atoms with van der Waals surface area (Å²) in [5.41, 5.74) is 1.38. The van der Waals surface area contributed by atoms with Gasteiger partial charge in [-0.25, -0.2) is 4.79 Å². The number of esters is 1. The molecule has 0 aliphatic carbocycles. The third-order valence-electron chi connectivity index (χ3n) is 5.12. The van der Waals surface area contributed by atoms with E-state index in [4.69, 9.17) is 13.9 Å². The highest BCUT2D eigenvalue weighted by Gasteiger charge is 2.29. The Morgan fingerprint density at radius 3 is 2.38 bits per heavy atom. The van der Waals surface area contributed by atoms with Crippen molar-refractivity contribution >= 4 is 22.7 Å². The van der Waals surface area contributed by atoms with E-state index in [1.165, 1.54) is 18.6 Å². The van der Waals surface area contributed by atoms with Gasteiger partial charge in [-0.05, 0) is 71.2 Å². The average Bonchev–Trinajstić information content (AvgIpc) is 2.70. The van der Waals surface area contributed by atoms with Crippen molar-refractivity contribution in [3.05, 3.63) is 64.1 Å². The van der Waals surface area contributed by atoms with Gasteiger partial charge in [0.2, 0.25) is 0 Å². The number of carbonyl (C=O) groups excluding carboxylic acids is 2. The maximum Gasteiger partial charge on any atom is 0.336 e. The first-order chi connectivity index (χ1) is 15.1. The first kappa shape index (κ1) is 25.1. The summed E-state index contributed by atoms with van der Waals surface area (Å²) >= 11 is 0. The standard InChI is InChI=1S/C26H32O6/c1-18(9-13-24(28)26(4,5)32-20(3)27)7-6-8-19(2)15-16-30-22-12-10-21-11-14-25(29)31-23(21)17-22/h7,10-12,14-15,17H,6,8-9,13,16H2,1-5H3/b18-7?,19-15+. The summed E-state index contributed by atoms with van der Waals surface area (Å²) in [5.74, 6) is 0.115. The van der Waals surface area contributed by atoms with Crippen LogP contribution in [0.4, 0.5) is 0 Å². The molecule has 0 radical (unpaired) electrons. The van der Waals surface area contributed by atoms with Gasteiger partial charge in [0.15, 0.2) is 11.4 Å². The highest BCUT2D eigenvalue weighted by Crippen LogP contribution is 2.20. The summed E-state index contributed by atoms with van der Waals surface area (Å²) in [5, 5.41) is 0.850. The van der Waals surface area contributed by atoms with Gasteiger partial charge in [-0.1, -0.05) is 17.2 Å². The quantitative estimate of drug-likeness (QED) is 0.259. The molecule has 1 heterocycles. The van der Waals surface area contributed by atoms with E-state index in [1.54, 1.807) is 26.0 Å². The average molecular weight is 441 g/mol. The van der Waals surface area contributed by atoms with E-state index in [0.717, 1.165) is 23.8 Å². The van der Waals surface area contributed by atoms with Crippen molar-refractivity contribution in [1.29, 1.82) is 0 Å². The molecule has 0 amide bonds. The third-order valence-corrected chi connectivity index (χ3v) is 5.12. The number of ketones is 1. The van der Waals surface area contributed by atoms with E-state index in [1.807, 2.05) is 25.1 Å². The van der Waals surface area contributed by atoms with Gasteiger partial charge in [0.05, 0.1) is 0 Å². The maximum absolute atomic E-state index is 12.3. The molecular formula is C26H32O6. The largest absolute Gasteiger partial charge is 0.489 e. The molecule has 0 atom stereocenters. The van der Waals surface area contributed by atoms with Gasteiger partial charge < -0.3 is 13.9 Å². The molecule has 0 saturated carbocycles. The lowest BCUT2D eigenvalue weighted by atomic mass is 9.97. The molecule has 6 heteroatoms. The van der Waals surface area contributed by atoms with Crippen LogP contribution in [0, 0.1) is 0 Å². The lowest BCUT2D eigenvalue weighted by molar-refractivity contribution is -0.161. The number of hydrogen-bond acceptors (Lipinski definition) is 6. The van der Waals surface area contributed by atoms with Crippen LogP contribution in [0.15, 0.2) is 62.8 Å². The van der Waals surface area contributed by atoms with E-state index >= 15 is 0 Å². The van der Waals surface area contributed by atoms with Gasteiger partial charge in [-0.2, -0.15) is 0 Å². The molecule has 1 aromatic carbocycles. The van der Waals surface area contributed by atoms with Crippen LogP contribution in [0.3, 0.4) is 0 Å². The molecule has 0 saturated heterocycles.